The summed E-state index contributed by atoms with van der Waals surface area (Å²) in [4.78, 5) is 26.1. The lowest BCUT2D eigenvalue weighted by Crippen LogP contribution is -2.38. The quantitative estimate of drug-likeness (QED) is 0.865. The van der Waals surface area contributed by atoms with Crippen molar-refractivity contribution in [2.24, 2.45) is 0 Å². The van der Waals surface area contributed by atoms with Gasteiger partial charge in [0.25, 0.3) is 0 Å². The summed E-state index contributed by atoms with van der Waals surface area (Å²) in [5.41, 5.74) is 1.63. The van der Waals surface area contributed by atoms with Crippen molar-refractivity contribution in [3.05, 3.63) is 59.4 Å². The van der Waals surface area contributed by atoms with Gasteiger partial charge in [0, 0.05) is 18.5 Å². The molecule has 0 radical (unpaired) electrons. The van der Waals surface area contributed by atoms with Crippen molar-refractivity contribution >= 4 is 17.4 Å². The van der Waals surface area contributed by atoms with Gasteiger partial charge in [0.2, 0.25) is 5.91 Å². The number of Topliss-reactive ketones (excluding diaryl/α,β-unsaturated/α-hetero) is 1. The number of amides is 1. The molecule has 2 aromatic carbocycles. The number of nitrogens with zero attached hydrogens (tertiary/aromatic N) is 1. The summed E-state index contributed by atoms with van der Waals surface area (Å²) in [5, 5.41) is 0. The van der Waals surface area contributed by atoms with Crippen LogP contribution in [0.2, 0.25) is 0 Å². The molecule has 0 N–H and O–H groups in total. The number of benzene rings is 2. The molecule has 0 atom stereocenters. The molecule has 1 amide bonds. The second-order valence-electron chi connectivity index (χ2n) is 5.63. The molecule has 124 valence electrons. The van der Waals surface area contributed by atoms with Crippen molar-refractivity contribution in [2.75, 3.05) is 18.1 Å². The minimum Gasteiger partial charge on any atom is -0.494 e. The molecule has 5 heteroatoms. The zero-order chi connectivity index (χ0) is 17.1. The highest BCUT2D eigenvalue weighted by atomic mass is 19.1. The second kappa shape index (κ2) is 6.83. The van der Waals surface area contributed by atoms with E-state index in [0.717, 1.165) is 11.3 Å². The molecule has 0 unspecified atom stereocenters. The Bertz CT molecular complexity index is 771. The molecule has 0 aliphatic carbocycles. The van der Waals surface area contributed by atoms with Crippen molar-refractivity contribution in [3.8, 4) is 5.75 Å². The molecule has 0 saturated carbocycles. The zero-order valence-electron chi connectivity index (χ0n) is 13.4. The predicted molar refractivity (Wildman–Crippen MR) is 89.0 cm³/mol. The normalized spacial score (nSPS) is 13.6. The van der Waals surface area contributed by atoms with E-state index in [1.807, 2.05) is 31.2 Å². The first-order valence-electron chi connectivity index (χ1n) is 7.93. The monoisotopic (exact) mass is 327 g/mol. The number of carbonyl (C=O) groups excluding carboxylic acids is 2. The van der Waals surface area contributed by atoms with Gasteiger partial charge in [-0.3, -0.25) is 9.59 Å². The van der Waals surface area contributed by atoms with Gasteiger partial charge in [-0.25, -0.2) is 4.39 Å². The third kappa shape index (κ3) is 3.30. The largest absolute Gasteiger partial charge is 0.494 e. The van der Waals surface area contributed by atoms with Gasteiger partial charge in [-0.05, 0) is 42.8 Å². The molecule has 24 heavy (non-hydrogen) atoms. The van der Waals surface area contributed by atoms with E-state index < -0.39 is 5.82 Å². The lowest BCUT2D eigenvalue weighted by atomic mass is 9.99. The van der Waals surface area contributed by atoms with Crippen molar-refractivity contribution < 1.29 is 18.7 Å². The molecule has 0 bridgehead atoms. The number of rotatable bonds is 4. The summed E-state index contributed by atoms with van der Waals surface area (Å²) in [5.74, 6) is 0.0511. The highest BCUT2D eigenvalue weighted by Gasteiger charge is 2.27. The summed E-state index contributed by atoms with van der Waals surface area (Å²) >= 11 is 0. The van der Waals surface area contributed by atoms with E-state index in [4.69, 9.17) is 4.74 Å². The minimum atomic E-state index is -0.470. The van der Waals surface area contributed by atoms with Crippen LogP contribution in [0.15, 0.2) is 42.5 Å². The van der Waals surface area contributed by atoms with Gasteiger partial charge < -0.3 is 9.64 Å². The lowest BCUT2D eigenvalue weighted by Gasteiger charge is -2.28. The molecular formula is C19H18FNO3. The van der Waals surface area contributed by atoms with Crippen molar-refractivity contribution in [1.82, 2.24) is 0 Å². The minimum absolute atomic E-state index is 0.112. The summed E-state index contributed by atoms with van der Waals surface area (Å²) in [6, 6.07) is 11.3. The van der Waals surface area contributed by atoms with E-state index in [0.29, 0.717) is 18.8 Å². The third-order valence-corrected chi connectivity index (χ3v) is 4.00. The number of hydrogen-bond donors (Lipinski definition) is 0. The summed E-state index contributed by atoms with van der Waals surface area (Å²) < 4.78 is 18.8. The molecule has 0 spiro atoms. The Morgan fingerprint density at radius 2 is 1.96 bits per heavy atom. The second-order valence-corrected chi connectivity index (χ2v) is 5.63. The maximum Gasteiger partial charge on any atom is 0.231 e. The molecule has 1 aliphatic heterocycles. The van der Waals surface area contributed by atoms with Gasteiger partial charge in [-0.2, -0.15) is 0 Å². The molecule has 2 aromatic rings. The topological polar surface area (TPSA) is 46.6 Å². The highest BCUT2D eigenvalue weighted by Crippen LogP contribution is 2.28. The van der Waals surface area contributed by atoms with Crippen LogP contribution in [0.3, 0.4) is 0 Å². The Kier molecular flexibility index (Phi) is 4.60. The fraction of sp³-hybridized carbons (Fsp3) is 0.263. The van der Waals surface area contributed by atoms with E-state index in [9.17, 15) is 14.0 Å². The van der Waals surface area contributed by atoms with Crippen LogP contribution in [0.4, 0.5) is 10.1 Å². The smallest absolute Gasteiger partial charge is 0.231 e. The highest BCUT2D eigenvalue weighted by molar-refractivity contribution is 6.09. The third-order valence-electron chi connectivity index (χ3n) is 4.00. The van der Waals surface area contributed by atoms with Crippen LogP contribution >= 0.6 is 0 Å². The van der Waals surface area contributed by atoms with Crippen molar-refractivity contribution in [1.29, 1.82) is 0 Å². The molecule has 1 heterocycles. The Labute approximate surface area is 139 Å². The van der Waals surface area contributed by atoms with Crippen LogP contribution in [-0.2, 0) is 11.2 Å². The number of fused-ring (bicyclic) bond motifs is 1. The first-order valence-corrected chi connectivity index (χ1v) is 7.93. The standard InChI is InChI=1S/C19H18FNO3/c1-2-24-15-6-3-13(4-7-15)11-19(23)21-10-9-18(22)16-12-14(20)5-8-17(16)21/h3-8,12H,2,9-11H2,1H3. The maximum absolute atomic E-state index is 13.4. The van der Waals surface area contributed by atoms with Crippen LogP contribution < -0.4 is 9.64 Å². The molecule has 4 nitrogen and oxygen atoms in total. The van der Waals surface area contributed by atoms with Gasteiger partial charge in [0.1, 0.15) is 11.6 Å². The molecule has 0 aromatic heterocycles. The molecule has 3 rings (SSSR count). The van der Waals surface area contributed by atoms with Crippen molar-refractivity contribution in [2.45, 2.75) is 19.8 Å². The van der Waals surface area contributed by atoms with E-state index in [1.165, 1.54) is 18.2 Å². The van der Waals surface area contributed by atoms with E-state index in [1.54, 1.807) is 4.90 Å². The SMILES string of the molecule is CCOc1ccc(CC(=O)N2CCC(=O)c3cc(F)ccc32)cc1. The van der Waals surface area contributed by atoms with Gasteiger partial charge >= 0.3 is 0 Å². The Hall–Kier alpha value is -2.69. The van der Waals surface area contributed by atoms with Gasteiger partial charge in [0.05, 0.1) is 18.7 Å². The Morgan fingerprint density at radius 1 is 1.21 bits per heavy atom. The molecular weight excluding hydrogens is 309 g/mol. The number of halogens is 1. The number of anilines is 1. The number of ether oxygens (including phenoxy) is 1. The van der Waals surface area contributed by atoms with E-state index in [2.05, 4.69) is 0 Å². The van der Waals surface area contributed by atoms with E-state index >= 15 is 0 Å². The lowest BCUT2D eigenvalue weighted by molar-refractivity contribution is -0.118. The number of hydrogen-bond acceptors (Lipinski definition) is 3. The van der Waals surface area contributed by atoms with Gasteiger partial charge in [-0.1, -0.05) is 12.1 Å². The average molecular weight is 327 g/mol. The first kappa shape index (κ1) is 16.2. The maximum atomic E-state index is 13.4. The molecule has 0 saturated heterocycles. The van der Waals surface area contributed by atoms with Crippen LogP contribution in [0.5, 0.6) is 5.75 Å². The van der Waals surface area contributed by atoms with Crippen LogP contribution in [-0.4, -0.2) is 24.8 Å². The first-order chi connectivity index (χ1) is 11.6. The van der Waals surface area contributed by atoms with Gasteiger partial charge in [0.15, 0.2) is 5.78 Å². The Balaban J connectivity index is 1.78. The Morgan fingerprint density at radius 3 is 2.67 bits per heavy atom. The summed E-state index contributed by atoms with van der Waals surface area (Å²) in [6.07, 6.45) is 0.433. The van der Waals surface area contributed by atoms with Crippen molar-refractivity contribution in [3.63, 3.8) is 0 Å². The molecule has 0 fully saturated rings. The predicted octanol–water partition coefficient (Wildman–Crippen LogP) is 3.39. The van der Waals surface area contributed by atoms with Crippen LogP contribution in [0.25, 0.3) is 0 Å². The van der Waals surface area contributed by atoms with Crippen LogP contribution in [0, 0.1) is 5.82 Å². The molecule has 1 aliphatic rings. The summed E-state index contributed by atoms with van der Waals surface area (Å²) in [7, 11) is 0. The fourth-order valence-corrected chi connectivity index (χ4v) is 2.83. The van der Waals surface area contributed by atoms with Crippen LogP contribution in [0.1, 0.15) is 29.3 Å². The fourth-order valence-electron chi connectivity index (χ4n) is 2.83. The zero-order valence-corrected chi connectivity index (χ0v) is 13.4. The number of ketones is 1. The summed E-state index contributed by atoms with van der Waals surface area (Å²) in [6.45, 7) is 2.83. The number of carbonyl (C=O) groups is 2. The van der Waals surface area contributed by atoms with Gasteiger partial charge in [-0.15, -0.1) is 0 Å². The van der Waals surface area contributed by atoms with E-state index in [-0.39, 0.29) is 30.1 Å². The average Bonchev–Trinajstić information content (AvgIpc) is 2.57.